The molecule has 2 saturated carbocycles. The number of benzene rings is 1. The van der Waals surface area contributed by atoms with Crippen LogP contribution < -0.4 is 5.32 Å². The van der Waals surface area contributed by atoms with Crippen molar-refractivity contribution < 1.29 is 4.39 Å². The Labute approximate surface area is 107 Å². The molecule has 0 bridgehead atoms. The first kappa shape index (κ1) is 11.7. The van der Waals surface area contributed by atoms with Crippen molar-refractivity contribution in [3.63, 3.8) is 0 Å². The van der Waals surface area contributed by atoms with E-state index in [4.69, 9.17) is 5.26 Å². The molecule has 0 saturated heterocycles. The molecular weight excluding hydrogens is 227 g/mol. The van der Waals surface area contributed by atoms with E-state index in [1.54, 1.807) is 6.07 Å². The number of hydrogen-bond acceptors (Lipinski definition) is 2. The molecule has 0 heterocycles. The molecule has 18 heavy (non-hydrogen) atoms. The fourth-order valence-electron chi connectivity index (χ4n) is 2.81. The quantitative estimate of drug-likeness (QED) is 0.864. The van der Waals surface area contributed by atoms with Gasteiger partial charge < -0.3 is 5.32 Å². The Hall–Kier alpha value is -1.40. The highest BCUT2D eigenvalue weighted by molar-refractivity contribution is 5.33. The fraction of sp³-hybridized carbons (Fsp3) is 0.533. The van der Waals surface area contributed by atoms with E-state index >= 15 is 0 Å². The van der Waals surface area contributed by atoms with Crippen molar-refractivity contribution in [2.24, 2.45) is 11.3 Å². The summed E-state index contributed by atoms with van der Waals surface area (Å²) in [6.45, 7) is 1.52. The summed E-state index contributed by atoms with van der Waals surface area (Å²) in [5.41, 5.74) is 1.65. The van der Waals surface area contributed by atoms with Crippen molar-refractivity contribution in [2.45, 2.75) is 32.2 Å². The Balaban J connectivity index is 1.58. The van der Waals surface area contributed by atoms with Gasteiger partial charge >= 0.3 is 0 Å². The fourth-order valence-corrected chi connectivity index (χ4v) is 2.81. The molecule has 0 spiro atoms. The predicted molar refractivity (Wildman–Crippen MR) is 67.2 cm³/mol. The largest absolute Gasteiger partial charge is 0.312 e. The van der Waals surface area contributed by atoms with Gasteiger partial charge in [-0.05, 0) is 55.2 Å². The summed E-state index contributed by atoms with van der Waals surface area (Å²) in [6, 6.07) is 6.58. The second kappa shape index (κ2) is 4.37. The van der Waals surface area contributed by atoms with Crippen molar-refractivity contribution in [1.82, 2.24) is 5.32 Å². The third kappa shape index (κ3) is 2.26. The van der Waals surface area contributed by atoms with Gasteiger partial charge in [-0.2, -0.15) is 5.26 Å². The summed E-state index contributed by atoms with van der Waals surface area (Å²) in [7, 11) is 0. The van der Waals surface area contributed by atoms with Crippen molar-refractivity contribution in [2.75, 3.05) is 6.54 Å². The van der Waals surface area contributed by atoms with Gasteiger partial charge in [-0.1, -0.05) is 0 Å². The molecule has 0 radical (unpaired) electrons. The van der Waals surface area contributed by atoms with Crippen LogP contribution in [0.2, 0.25) is 0 Å². The molecule has 0 atom stereocenters. The van der Waals surface area contributed by atoms with E-state index in [0.29, 0.717) is 23.1 Å². The molecule has 1 N–H and O–H groups in total. The van der Waals surface area contributed by atoms with Crippen molar-refractivity contribution >= 4 is 0 Å². The van der Waals surface area contributed by atoms with Crippen LogP contribution >= 0.6 is 0 Å². The van der Waals surface area contributed by atoms with Crippen LogP contribution in [0.15, 0.2) is 18.2 Å². The zero-order valence-electron chi connectivity index (χ0n) is 10.4. The highest BCUT2D eigenvalue weighted by Gasteiger charge is 2.53. The highest BCUT2D eigenvalue weighted by Crippen LogP contribution is 2.60. The summed E-state index contributed by atoms with van der Waals surface area (Å²) in [5, 5.41) is 12.2. The Morgan fingerprint density at radius 2 is 2.17 bits per heavy atom. The lowest BCUT2D eigenvalue weighted by molar-refractivity contribution is 0.401. The van der Waals surface area contributed by atoms with Gasteiger partial charge in [0.1, 0.15) is 5.82 Å². The molecule has 0 aromatic heterocycles. The second-order valence-corrected chi connectivity index (χ2v) is 5.66. The monoisotopic (exact) mass is 244 g/mol. The maximum atomic E-state index is 13.6. The number of nitriles is 1. The third-order valence-corrected chi connectivity index (χ3v) is 4.30. The molecule has 2 nitrogen and oxygen atoms in total. The van der Waals surface area contributed by atoms with Gasteiger partial charge in [-0.15, -0.1) is 0 Å². The lowest BCUT2D eigenvalue weighted by atomic mass is 10.0. The van der Waals surface area contributed by atoms with E-state index in [1.165, 1.54) is 37.8 Å². The summed E-state index contributed by atoms with van der Waals surface area (Å²) in [4.78, 5) is 0. The van der Waals surface area contributed by atoms with Crippen LogP contribution in [0.1, 0.15) is 36.8 Å². The van der Waals surface area contributed by atoms with Crippen molar-refractivity contribution in [3.8, 4) is 6.07 Å². The van der Waals surface area contributed by atoms with Crippen molar-refractivity contribution in [1.29, 1.82) is 5.26 Å². The predicted octanol–water partition coefficient (Wildman–Crippen LogP) is 2.98. The maximum Gasteiger partial charge on any atom is 0.127 e. The van der Waals surface area contributed by atoms with Crippen LogP contribution in [0.5, 0.6) is 0 Å². The maximum absolute atomic E-state index is 13.6. The number of hydrogen-bond donors (Lipinski definition) is 1. The normalized spacial score (nSPS) is 20.4. The topological polar surface area (TPSA) is 35.8 Å². The van der Waals surface area contributed by atoms with Gasteiger partial charge in [-0.3, -0.25) is 0 Å². The Morgan fingerprint density at radius 1 is 1.39 bits per heavy atom. The summed E-state index contributed by atoms with van der Waals surface area (Å²) in [5.74, 6) is 0.693. The van der Waals surface area contributed by atoms with Crippen LogP contribution in [0.3, 0.4) is 0 Å². The average molecular weight is 244 g/mol. The highest BCUT2D eigenvalue weighted by atomic mass is 19.1. The molecule has 0 amide bonds. The molecule has 3 rings (SSSR count). The lowest BCUT2D eigenvalue weighted by Crippen LogP contribution is -2.25. The summed E-state index contributed by atoms with van der Waals surface area (Å²) in [6.07, 6.45) is 5.40. The molecule has 0 aliphatic heterocycles. The van der Waals surface area contributed by atoms with Gasteiger partial charge in [0.2, 0.25) is 0 Å². The van der Waals surface area contributed by atoms with Crippen LogP contribution in [-0.4, -0.2) is 6.54 Å². The molecule has 2 aliphatic carbocycles. The Bertz CT molecular complexity index is 496. The Kier molecular flexibility index (Phi) is 2.83. The summed E-state index contributed by atoms with van der Waals surface area (Å²) >= 11 is 0. The minimum absolute atomic E-state index is 0.224. The SMILES string of the molecule is N#Cc1ccc(F)c(CNCC2(C3CC3)CC2)c1. The van der Waals surface area contributed by atoms with Gasteiger partial charge in [-0.25, -0.2) is 4.39 Å². The number of halogens is 1. The zero-order valence-corrected chi connectivity index (χ0v) is 10.4. The van der Waals surface area contributed by atoms with E-state index in [9.17, 15) is 4.39 Å². The first-order chi connectivity index (χ1) is 8.73. The number of nitrogens with one attached hydrogen (secondary N) is 1. The van der Waals surface area contributed by atoms with E-state index in [2.05, 4.69) is 5.32 Å². The molecule has 1 aromatic rings. The first-order valence-corrected chi connectivity index (χ1v) is 6.63. The van der Waals surface area contributed by atoms with Crippen LogP contribution in [0.4, 0.5) is 4.39 Å². The van der Waals surface area contributed by atoms with E-state index in [0.717, 1.165) is 12.5 Å². The standard InChI is InChI=1S/C15H17FN2/c16-14-4-1-11(8-17)7-12(14)9-18-10-15(5-6-15)13-2-3-13/h1,4,7,13,18H,2-3,5-6,9-10H2. The van der Waals surface area contributed by atoms with Gasteiger partial charge in [0.05, 0.1) is 11.6 Å². The number of rotatable bonds is 5. The molecule has 2 fully saturated rings. The van der Waals surface area contributed by atoms with E-state index in [-0.39, 0.29) is 5.82 Å². The second-order valence-electron chi connectivity index (χ2n) is 5.66. The molecule has 1 aromatic carbocycles. The van der Waals surface area contributed by atoms with Gasteiger partial charge in [0.15, 0.2) is 0 Å². The molecule has 2 aliphatic rings. The molecule has 94 valence electrons. The van der Waals surface area contributed by atoms with Gasteiger partial charge in [0.25, 0.3) is 0 Å². The molecular formula is C15H17FN2. The van der Waals surface area contributed by atoms with Crippen LogP contribution in [-0.2, 0) is 6.54 Å². The zero-order chi connectivity index (χ0) is 12.6. The number of nitrogens with zero attached hydrogens (tertiary/aromatic N) is 1. The van der Waals surface area contributed by atoms with Crippen molar-refractivity contribution in [3.05, 3.63) is 35.1 Å². The lowest BCUT2D eigenvalue weighted by Gasteiger charge is -2.15. The average Bonchev–Trinajstić information content (AvgIpc) is 3.25. The minimum Gasteiger partial charge on any atom is -0.312 e. The van der Waals surface area contributed by atoms with Crippen LogP contribution in [0.25, 0.3) is 0 Å². The molecule has 0 unspecified atom stereocenters. The van der Waals surface area contributed by atoms with E-state index < -0.39 is 0 Å². The summed E-state index contributed by atoms with van der Waals surface area (Å²) < 4.78 is 13.6. The van der Waals surface area contributed by atoms with E-state index in [1.807, 2.05) is 6.07 Å². The Morgan fingerprint density at radius 3 is 2.78 bits per heavy atom. The minimum atomic E-state index is -0.224. The van der Waals surface area contributed by atoms with Crippen LogP contribution in [0, 0.1) is 28.5 Å². The third-order valence-electron chi connectivity index (χ3n) is 4.30. The van der Waals surface area contributed by atoms with Gasteiger partial charge in [0, 0.05) is 18.7 Å². The molecule has 3 heteroatoms. The smallest absolute Gasteiger partial charge is 0.127 e. The first-order valence-electron chi connectivity index (χ1n) is 6.63.